The van der Waals surface area contributed by atoms with Gasteiger partial charge in [0.05, 0.1) is 16.9 Å². The summed E-state index contributed by atoms with van der Waals surface area (Å²) >= 11 is 1.76. The number of benzene rings is 4. The standard InChI is InChI=1S/C38H30N3S/c1-5-15-27(8-4)40(28(16-6-2)17-7-3)29-24-25-35-37(26-29)42-36-23-14-13-22-34(36)41(35)38-32-20-10-9-18-30(32)31-19-11-12-21-33(31)39-38/h5-26H,1-4H2/b27-15+,28-16+. The smallest absolute Gasteiger partial charge is 0.146 e. The van der Waals surface area contributed by atoms with Crippen LogP contribution in [0.4, 0.5) is 22.9 Å². The first kappa shape index (κ1) is 27.1. The van der Waals surface area contributed by atoms with Crippen molar-refractivity contribution in [2.24, 2.45) is 0 Å². The fourth-order valence-corrected chi connectivity index (χ4v) is 6.51. The Labute approximate surface area is 251 Å². The number of anilines is 4. The van der Waals surface area contributed by atoms with E-state index in [-0.39, 0.29) is 0 Å². The number of allylic oxidation sites excluding steroid dienone is 6. The maximum atomic E-state index is 5.26. The van der Waals surface area contributed by atoms with Crippen LogP contribution in [0.15, 0.2) is 175 Å². The van der Waals surface area contributed by atoms with Crippen molar-refractivity contribution in [2.45, 2.75) is 9.79 Å². The van der Waals surface area contributed by atoms with E-state index in [9.17, 15) is 0 Å². The van der Waals surface area contributed by atoms with Crippen LogP contribution in [-0.4, -0.2) is 4.98 Å². The van der Waals surface area contributed by atoms with Gasteiger partial charge in [0.25, 0.3) is 0 Å². The molecule has 1 aliphatic heterocycles. The Morgan fingerprint density at radius 2 is 1.33 bits per heavy atom. The summed E-state index contributed by atoms with van der Waals surface area (Å²) in [6, 6.07) is 31.9. The van der Waals surface area contributed by atoms with Gasteiger partial charge in [0, 0.05) is 44.1 Å². The number of para-hydroxylation sites is 2. The van der Waals surface area contributed by atoms with Crippen molar-refractivity contribution >= 4 is 56.3 Å². The Bertz CT molecular complexity index is 1930. The number of nitrogens with zero attached hydrogens (tertiary/aromatic N) is 3. The Kier molecular flexibility index (Phi) is 7.63. The molecule has 5 aromatic rings. The number of hydrogen-bond acceptors (Lipinski definition) is 4. The number of hydrogen-bond donors (Lipinski definition) is 0. The third-order valence-corrected chi connectivity index (χ3v) is 8.27. The molecule has 1 aromatic heterocycles. The van der Waals surface area contributed by atoms with Gasteiger partial charge >= 0.3 is 0 Å². The molecule has 4 heteroatoms. The Balaban J connectivity index is 1.60. The van der Waals surface area contributed by atoms with E-state index in [0.717, 1.165) is 60.4 Å². The number of pyridine rings is 1. The molecule has 4 aromatic carbocycles. The van der Waals surface area contributed by atoms with Crippen molar-refractivity contribution in [3.63, 3.8) is 0 Å². The zero-order valence-corrected chi connectivity index (χ0v) is 24.1. The van der Waals surface area contributed by atoms with Crippen LogP contribution in [0.1, 0.15) is 0 Å². The van der Waals surface area contributed by atoms with Gasteiger partial charge in [-0.3, -0.25) is 4.90 Å². The highest BCUT2D eigenvalue weighted by atomic mass is 32.2. The van der Waals surface area contributed by atoms with Crippen LogP contribution in [0.3, 0.4) is 0 Å². The molecule has 0 amide bonds. The van der Waals surface area contributed by atoms with E-state index in [4.69, 9.17) is 4.98 Å². The highest BCUT2D eigenvalue weighted by Gasteiger charge is 2.28. The van der Waals surface area contributed by atoms with Crippen LogP contribution < -0.4 is 9.80 Å². The zero-order valence-electron chi connectivity index (χ0n) is 23.3. The molecule has 0 bridgehead atoms. The van der Waals surface area contributed by atoms with Gasteiger partial charge in [-0.25, -0.2) is 4.98 Å². The molecule has 42 heavy (non-hydrogen) atoms. The molecule has 6 rings (SSSR count). The third-order valence-electron chi connectivity index (χ3n) is 7.16. The van der Waals surface area contributed by atoms with Crippen molar-refractivity contribution < 1.29 is 0 Å². The second kappa shape index (κ2) is 11.8. The van der Waals surface area contributed by atoms with E-state index in [2.05, 4.69) is 121 Å². The first-order chi connectivity index (χ1) is 20.7. The molecule has 0 spiro atoms. The fourth-order valence-electron chi connectivity index (χ4n) is 5.42. The molecule has 0 aliphatic carbocycles. The summed E-state index contributed by atoms with van der Waals surface area (Å²) in [7, 11) is 0. The van der Waals surface area contributed by atoms with E-state index in [1.165, 1.54) is 5.39 Å². The SMILES string of the molecule is C=C[CH]/C(=C\C=C)N(/C(C=C)=C/C=C)c1ccc2c(c1)Sc1ccccc1N2c1nc2ccccc2c2ccccc12. The Hall–Kier alpha value is -5.06. The largest absolute Gasteiger partial charge is 0.314 e. The second-order valence-corrected chi connectivity index (χ2v) is 10.7. The zero-order chi connectivity index (χ0) is 29.1. The molecule has 0 unspecified atom stereocenters. The normalized spacial score (nSPS) is 12.9. The second-order valence-electron chi connectivity index (χ2n) is 9.65. The predicted molar refractivity (Wildman–Crippen MR) is 182 cm³/mol. The van der Waals surface area contributed by atoms with Crippen LogP contribution >= 0.6 is 11.8 Å². The van der Waals surface area contributed by atoms with Gasteiger partial charge in [-0.05, 0) is 60.0 Å². The minimum Gasteiger partial charge on any atom is -0.314 e. The molecule has 0 saturated heterocycles. The van der Waals surface area contributed by atoms with E-state index in [1.54, 1.807) is 30.0 Å². The lowest BCUT2D eigenvalue weighted by molar-refractivity contribution is 1.09. The van der Waals surface area contributed by atoms with Gasteiger partial charge in [0.1, 0.15) is 5.82 Å². The fraction of sp³-hybridized carbons (Fsp3) is 0. The van der Waals surface area contributed by atoms with E-state index >= 15 is 0 Å². The van der Waals surface area contributed by atoms with Crippen molar-refractivity contribution in [3.05, 3.63) is 172 Å². The minimum atomic E-state index is 0.886. The summed E-state index contributed by atoms with van der Waals surface area (Å²) < 4.78 is 0. The summed E-state index contributed by atoms with van der Waals surface area (Å²) in [5.41, 5.74) is 5.93. The number of rotatable bonds is 9. The van der Waals surface area contributed by atoms with Gasteiger partial charge in [-0.15, -0.1) is 6.58 Å². The summed E-state index contributed by atoms with van der Waals surface area (Å²) in [5.74, 6) is 0.911. The maximum absolute atomic E-state index is 5.26. The van der Waals surface area contributed by atoms with E-state index < -0.39 is 0 Å². The van der Waals surface area contributed by atoms with Crippen LogP contribution in [0, 0.1) is 6.42 Å². The lowest BCUT2D eigenvalue weighted by Crippen LogP contribution is -2.22. The molecular weight excluding hydrogens is 531 g/mol. The topological polar surface area (TPSA) is 19.4 Å². The third kappa shape index (κ3) is 4.76. The van der Waals surface area contributed by atoms with Crippen LogP contribution in [0.2, 0.25) is 0 Å². The van der Waals surface area contributed by atoms with Gasteiger partial charge in [0.2, 0.25) is 0 Å². The number of aromatic nitrogens is 1. The van der Waals surface area contributed by atoms with Gasteiger partial charge in [-0.1, -0.05) is 104 Å². The molecule has 0 atom stereocenters. The molecule has 1 radical (unpaired) electrons. The van der Waals surface area contributed by atoms with Crippen molar-refractivity contribution in [3.8, 4) is 0 Å². The lowest BCUT2D eigenvalue weighted by Gasteiger charge is -2.34. The van der Waals surface area contributed by atoms with Crippen LogP contribution in [-0.2, 0) is 0 Å². The van der Waals surface area contributed by atoms with Crippen LogP contribution in [0.25, 0.3) is 21.7 Å². The molecule has 0 N–H and O–H groups in total. The van der Waals surface area contributed by atoms with E-state index in [1.807, 2.05) is 30.7 Å². The average molecular weight is 561 g/mol. The first-order valence-corrected chi connectivity index (χ1v) is 14.5. The molecule has 2 heterocycles. The average Bonchev–Trinajstić information content (AvgIpc) is 3.03. The summed E-state index contributed by atoms with van der Waals surface area (Å²) in [4.78, 5) is 12.0. The molecular formula is C38H30N3S. The van der Waals surface area contributed by atoms with Gasteiger partial charge < -0.3 is 4.90 Å². The molecule has 1 aliphatic rings. The molecule has 3 nitrogen and oxygen atoms in total. The summed E-state index contributed by atoms with van der Waals surface area (Å²) in [5, 5.41) is 3.44. The quantitative estimate of drug-likeness (QED) is 0.129. The van der Waals surface area contributed by atoms with Gasteiger partial charge in [-0.2, -0.15) is 0 Å². The molecule has 203 valence electrons. The number of fused-ring (bicyclic) bond motifs is 5. The van der Waals surface area contributed by atoms with Gasteiger partial charge in [0.15, 0.2) is 0 Å². The van der Waals surface area contributed by atoms with Crippen molar-refractivity contribution in [1.82, 2.24) is 4.98 Å². The summed E-state index contributed by atoms with van der Waals surface area (Å²) in [6.45, 7) is 15.9. The van der Waals surface area contributed by atoms with E-state index in [0.29, 0.717) is 0 Å². The van der Waals surface area contributed by atoms with Crippen molar-refractivity contribution in [2.75, 3.05) is 9.80 Å². The lowest BCUT2D eigenvalue weighted by atomic mass is 10.0. The van der Waals surface area contributed by atoms with Crippen molar-refractivity contribution in [1.29, 1.82) is 0 Å². The molecule has 0 fully saturated rings. The highest BCUT2D eigenvalue weighted by molar-refractivity contribution is 7.99. The predicted octanol–water partition coefficient (Wildman–Crippen LogP) is 10.8. The molecule has 0 saturated carbocycles. The first-order valence-electron chi connectivity index (χ1n) is 13.7. The maximum Gasteiger partial charge on any atom is 0.146 e. The Morgan fingerprint density at radius 3 is 2.10 bits per heavy atom. The highest BCUT2D eigenvalue weighted by Crippen LogP contribution is 2.53. The minimum absolute atomic E-state index is 0.886. The summed E-state index contributed by atoms with van der Waals surface area (Å²) in [6.07, 6.45) is 13.0. The Morgan fingerprint density at radius 1 is 0.667 bits per heavy atom. The van der Waals surface area contributed by atoms with Crippen LogP contribution in [0.5, 0.6) is 0 Å². The monoisotopic (exact) mass is 560 g/mol.